The minimum absolute atomic E-state index is 0.463. The molecule has 2 unspecified atom stereocenters. The molecule has 0 heterocycles. The lowest BCUT2D eigenvalue weighted by atomic mass is 10.4. The maximum atomic E-state index is 9.80. The van der Waals surface area contributed by atoms with E-state index in [4.69, 9.17) is 16.6 Å². The molecule has 0 radical (unpaired) electrons. The predicted octanol–water partition coefficient (Wildman–Crippen LogP) is -1.76. The summed E-state index contributed by atoms with van der Waals surface area (Å²) < 4.78 is 0. The molecular weight excluding hydrogens is 162 g/mol. The molecule has 2 atom stereocenters. The second kappa shape index (κ2) is 6.56. The molecule has 0 rings (SSSR count). The molecule has 0 aliphatic heterocycles. The van der Waals surface area contributed by atoms with Gasteiger partial charge in [0.1, 0.15) is 6.04 Å². The predicted molar refractivity (Wildman–Crippen MR) is 44.1 cm³/mol. The van der Waals surface area contributed by atoms with E-state index < -0.39 is 24.0 Å². The largest absolute Gasteiger partial charge is 0.480 e. The van der Waals surface area contributed by atoms with Gasteiger partial charge in [0, 0.05) is 0 Å². The Morgan fingerprint density at radius 2 is 1.33 bits per heavy atom. The minimum Gasteiger partial charge on any atom is -0.480 e. The molecule has 0 fully saturated rings. The van der Waals surface area contributed by atoms with Gasteiger partial charge in [-0.25, -0.2) is 0 Å². The van der Waals surface area contributed by atoms with Crippen LogP contribution in [-0.4, -0.2) is 29.1 Å². The summed E-state index contributed by atoms with van der Waals surface area (Å²) >= 11 is 0. The van der Waals surface area contributed by atoms with E-state index >= 15 is 0 Å². The normalized spacial score (nSPS) is 13.7. The van der Waals surface area contributed by atoms with Crippen LogP contribution in [0.4, 0.5) is 0 Å². The monoisotopic (exact) mass is 177 g/mol. The fraction of sp³-hybridized carbons (Fsp3) is 0.667. The fourth-order valence-corrected chi connectivity index (χ4v) is 0. The number of hydrogen-bond donors (Lipinski definition) is 4. The van der Waals surface area contributed by atoms with Crippen molar-refractivity contribution < 1.29 is 14.7 Å². The number of aliphatic carboxylic acids is 1. The number of nitrogens with two attached hydrogens (primary N) is 3. The Morgan fingerprint density at radius 1 is 1.17 bits per heavy atom. The van der Waals surface area contributed by atoms with E-state index in [1.54, 1.807) is 6.92 Å². The zero-order valence-corrected chi connectivity index (χ0v) is 7.15. The first-order valence-corrected chi connectivity index (χ1v) is 3.32. The number of hydrogen-bond acceptors (Lipinski definition) is 4. The van der Waals surface area contributed by atoms with Crippen LogP contribution >= 0.6 is 0 Å². The van der Waals surface area contributed by atoms with Gasteiger partial charge < -0.3 is 22.3 Å². The summed E-state index contributed by atoms with van der Waals surface area (Å²) in [5, 5.41) is 7.87. The second-order valence-corrected chi connectivity index (χ2v) is 2.32. The van der Waals surface area contributed by atoms with Crippen molar-refractivity contribution in [3.8, 4) is 0 Å². The van der Waals surface area contributed by atoms with Gasteiger partial charge in [0.2, 0.25) is 5.91 Å². The molecule has 0 aromatic heterocycles. The van der Waals surface area contributed by atoms with Crippen molar-refractivity contribution in [2.24, 2.45) is 17.2 Å². The highest BCUT2D eigenvalue weighted by atomic mass is 16.4. The summed E-state index contributed by atoms with van der Waals surface area (Å²) in [6, 6.07) is -1.24. The van der Waals surface area contributed by atoms with Crippen LogP contribution < -0.4 is 17.2 Å². The molecule has 0 aromatic rings. The number of carboxylic acids is 1. The Balaban J connectivity index is 0. The van der Waals surface area contributed by atoms with Crippen molar-refractivity contribution in [1.82, 2.24) is 0 Å². The van der Waals surface area contributed by atoms with E-state index in [1.807, 2.05) is 0 Å². The van der Waals surface area contributed by atoms with Crippen molar-refractivity contribution >= 4 is 11.9 Å². The van der Waals surface area contributed by atoms with Gasteiger partial charge in [-0.3, -0.25) is 9.59 Å². The first-order chi connectivity index (χ1) is 5.29. The van der Waals surface area contributed by atoms with Crippen molar-refractivity contribution in [3.05, 3.63) is 0 Å². The van der Waals surface area contributed by atoms with E-state index in [2.05, 4.69) is 5.73 Å². The molecule has 0 saturated carbocycles. The Hall–Kier alpha value is -1.14. The smallest absolute Gasteiger partial charge is 0.320 e. The summed E-state index contributed by atoms with van der Waals surface area (Å²) in [4.78, 5) is 19.4. The molecule has 6 nitrogen and oxygen atoms in total. The highest BCUT2D eigenvalue weighted by molar-refractivity contribution is 5.78. The highest BCUT2D eigenvalue weighted by Crippen LogP contribution is 1.68. The Morgan fingerprint density at radius 3 is 1.33 bits per heavy atom. The maximum Gasteiger partial charge on any atom is 0.320 e. The van der Waals surface area contributed by atoms with Crippen LogP contribution in [0.2, 0.25) is 0 Å². The van der Waals surface area contributed by atoms with Crippen LogP contribution in [0, 0.1) is 0 Å². The molecule has 0 aromatic carbocycles. The summed E-state index contributed by atoms with van der Waals surface area (Å²) in [6.07, 6.45) is 0. The van der Waals surface area contributed by atoms with Crippen molar-refractivity contribution in [3.63, 3.8) is 0 Å². The molecule has 0 bridgehead atoms. The SMILES string of the molecule is CC(N)C(=O)O.CC(N)C(N)=O. The third kappa shape index (κ3) is 11.6. The number of rotatable bonds is 2. The molecule has 0 aliphatic rings. The van der Waals surface area contributed by atoms with Crippen LogP contribution in [-0.2, 0) is 9.59 Å². The highest BCUT2D eigenvalue weighted by Gasteiger charge is 1.99. The van der Waals surface area contributed by atoms with Gasteiger partial charge in [-0.05, 0) is 13.8 Å². The maximum absolute atomic E-state index is 9.80. The topological polar surface area (TPSA) is 132 Å². The number of carbonyl (C=O) groups is 2. The van der Waals surface area contributed by atoms with Gasteiger partial charge in [0.25, 0.3) is 0 Å². The molecule has 0 saturated heterocycles. The summed E-state index contributed by atoms with van der Waals surface area (Å²) in [5.74, 6) is -1.43. The fourth-order valence-electron chi connectivity index (χ4n) is 0. The molecule has 12 heavy (non-hydrogen) atoms. The number of carbonyl (C=O) groups excluding carboxylic acids is 1. The van der Waals surface area contributed by atoms with E-state index in [-0.39, 0.29) is 0 Å². The van der Waals surface area contributed by atoms with Gasteiger partial charge in [-0.15, -0.1) is 0 Å². The molecule has 1 amide bonds. The summed E-state index contributed by atoms with van der Waals surface area (Å²) in [6.45, 7) is 2.96. The van der Waals surface area contributed by atoms with Crippen molar-refractivity contribution in [2.45, 2.75) is 25.9 Å². The molecule has 0 spiro atoms. The van der Waals surface area contributed by atoms with E-state index in [0.29, 0.717) is 0 Å². The standard InChI is InChI=1S/C3H8N2O.C3H7NO2/c2*1-2(4)3(5)6/h2H,4H2,1H3,(H2,5,6);2H,4H2,1H3,(H,5,6). The van der Waals surface area contributed by atoms with Crippen LogP contribution in [0.25, 0.3) is 0 Å². The summed E-state index contributed by atoms with van der Waals surface area (Å²) in [7, 11) is 0. The third-order valence-corrected chi connectivity index (χ3v) is 0.838. The lowest BCUT2D eigenvalue weighted by molar-refractivity contribution is -0.138. The Labute approximate surface area is 70.7 Å². The minimum atomic E-state index is -0.963. The zero-order valence-electron chi connectivity index (χ0n) is 7.15. The summed E-state index contributed by atoms with van der Waals surface area (Å²) in [5.41, 5.74) is 14.5. The van der Waals surface area contributed by atoms with Gasteiger partial charge in [0.05, 0.1) is 6.04 Å². The lowest BCUT2D eigenvalue weighted by Crippen LogP contribution is -2.32. The van der Waals surface area contributed by atoms with Crippen LogP contribution in [0.5, 0.6) is 0 Å². The van der Waals surface area contributed by atoms with Crippen LogP contribution in [0.3, 0.4) is 0 Å². The molecule has 6 heteroatoms. The van der Waals surface area contributed by atoms with Gasteiger partial charge in [-0.2, -0.15) is 0 Å². The van der Waals surface area contributed by atoms with E-state index in [9.17, 15) is 9.59 Å². The third-order valence-electron chi connectivity index (χ3n) is 0.838. The first kappa shape index (κ1) is 13.4. The quantitative estimate of drug-likeness (QED) is 0.396. The number of amides is 1. The molecular formula is C6H15N3O3. The van der Waals surface area contributed by atoms with Gasteiger partial charge in [-0.1, -0.05) is 0 Å². The van der Waals surface area contributed by atoms with E-state index in [1.165, 1.54) is 6.92 Å². The number of primary amides is 1. The average molecular weight is 177 g/mol. The Bertz CT molecular complexity index is 138. The Kier molecular flexibility index (Phi) is 7.36. The molecule has 0 aliphatic carbocycles. The van der Waals surface area contributed by atoms with Crippen LogP contribution in [0.1, 0.15) is 13.8 Å². The second-order valence-electron chi connectivity index (χ2n) is 2.32. The first-order valence-electron chi connectivity index (χ1n) is 3.32. The number of carboxylic acid groups (broad SMARTS) is 1. The zero-order chi connectivity index (χ0) is 10.3. The van der Waals surface area contributed by atoms with Crippen LogP contribution in [0.15, 0.2) is 0 Å². The molecule has 7 N–H and O–H groups in total. The van der Waals surface area contributed by atoms with Gasteiger partial charge >= 0.3 is 5.97 Å². The molecule has 72 valence electrons. The average Bonchev–Trinajstić information content (AvgIpc) is 1.88. The van der Waals surface area contributed by atoms with E-state index in [0.717, 1.165) is 0 Å². The van der Waals surface area contributed by atoms with Gasteiger partial charge in [0.15, 0.2) is 0 Å². The lowest BCUT2D eigenvalue weighted by Gasteiger charge is -1.91. The van der Waals surface area contributed by atoms with Crippen molar-refractivity contribution in [1.29, 1.82) is 0 Å². The van der Waals surface area contributed by atoms with Crippen molar-refractivity contribution in [2.75, 3.05) is 0 Å².